The van der Waals surface area contributed by atoms with Crippen LogP contribution >= 0.6 is 0 Å². The van der Waals surface area contributed by atoms with Crippen molar-refractivity contribution in [2.75, 3.05) is 6.61 Å². The summed E-state index contributed by atoms with van der Waals surface area (Å²) < 4.78 is 19.2. The van der Waals surface area contributed by atoms with E-state index in [0.717, 1.165) is 24.0 Å². The molecule has 2 nitrogen and oxygen atoms in total. The molecule has 2 aromatic rings. The third-order valence-electron chi connectivity index (χ3n) is 4.06. The minimum Gasteiger partial charge on any atom is -0.493 e. The maximum Gasteiger partial charge on any atom is 0.166 e. The summed E-state index contributed by atoms with van der Waals surface area (Å²) in [5, 5.41) is 0. The molecule has 0 aliphatic carbocycles. The van der Waals surface area contributed by atoms with Crippen LogP contribution in [0.5, 0.6) is 5.75 Å². The van der Waals surface area contributed by atoms with Crippen LogP contribution in [0.15, 0.2) is 42.5 Å². The van der Waals surface area contributed by atoms with Crippen molar-refractivity contribution in [1.29, 1.82) is 0 Å². The number of carbonyl (C=O) groups is 1. The predicted molar refractivity (Wildman–Crippen MR) is 91.4 cm³/mol. The summed E-state index contributed by atoms with van der Waals surface area (Å²) in [6, 6.07) is 11.8. The number of rotatable bonds is 7. The van der Waals surface area contributed by atoms with E-state index < -0.39 is 0 Å². The number of carbonyl (C=O) groups excluding carboxylic acids is 1. The molecule has 122 valence electrons. The molecule has 0 spiro atoms. The highest BCUT2D eigenvalue weighted by Crippen LogP contribution is 2.32. The Kier molecular flexibility index (Phi) is 5.91. The number of halogens is 1. The van der Waals surface area contributed by atoms with Gasteiger partial charge in [-0.25, -0.2) is 4.39 Å². The van der Waals surface area contributed by atoms with Crippen molar-refractivity contribution in [1.82, 2.24) is 0 Å². The molecule has 0 saturated carbocycles. The predicted octanol–water partition coefficient (Wildman–Crippen LogP) is 5.51. The van der Waals surface area contributed by atoms with Crippen molar-refractivity contribution in [2.45, 2.75) is 33.6 Å². The molecule has 0 unspecified atom stereocenters. The lowest BCUT2D eigenvalue weighted by molar-refractivity contribution is 0.0913. The van der Waals surface area contributed by atoms with Gasteiger partial charge in [-0.3, -0.25) is 4.79 Å². The number of hydrogen-bond donors (Lipinski definition) is 0. The zero-order valence-electron chi connectivity index (χ0n) is 13.9. The third-order valence-corrected chi connectivity index (χ3v) is 4.06. The molecule has 0 bridgehead atoms. The molecule has 0 aromatic heterocycles. The SMILES string of the molecule is CCOc1cc(C(=O)C(CC)CC)ccc1-c1cccc(F)c1. The van der Waals surface area contributed by atoms with Crippen LogP contribution in [0.1, 0.15) is 44.0 Å². The van der Waals surface area contributed by atoms with E-state index in [4.69, 9.17) is 4.74 Å². The van der Waals surface area contributed by atoms with Crippen molar-refractivity contribution in [3.05, 3.63) is 53.8 Å². The first-order valence-corrected chi connectivity index (χ1v) is 8.17. The molecule has 0 atom stereocenters. The molecule has 0 aliphatic heterocycles. The van der Waals surface area contributed by atoms with Crippen LogP contribution in [0.4, 0.5) is 4.39 Å². The van der Waals surface area contributed by atoms with Crippen molar-refractivity contribution >= 4 is 5.78 Å². The largest absolute Gasteiger partial charge is 0.493 e. The summed E-state index contributed by atoms with van der Waals surface area (Å²) in [4.78, 5) is 12.5. The summed E-state index contributed by atoms with van der Waals surface area (Å²) in [6.07, 6.45) is 1.65. The normalized spacial score (nSPS) is 10.8. The number of Topliss-reactive ketones (excluding diaryl/α,β-unsaturated/α-hetero) is 1. The lowest BCUT2D eigenvalue weighted by atomic mass is 9.91. The van der Waals surface area contributed by atoms with E-state index in [-0.39, 0.29) is 17.5 Å². The second-order valence-corrected chi connectivity index (χ2v) is 5.53. The van der Waals surface area contributed by atoms with Crippen LogP contribution in [0.2, 0.25) is 0 Å². The van der Waals surface area contributed by atoms with E-state index in [0.29, 0.717) is 17.9 Å². The van der Waals surface area contributed by atoms with Crippen molar-refractivity contribution in [3.63, 3.8) is 0 Å². The van der Waals surface area contributed by atoms with E-state index in [9.17, 15) is 9.18 Å². The second-order valence-electron chi connectivity index (χ2n) is 5.53. The Bertz CT molecular complexity index is 675. The molecule has 2 aromatic carbocycles. The highest BCUT2D eigenvalue weighted by molar-refractivity contribution is 5.99. The molecule has 0 heterocycles. The van der Waals surface area contributed by atoms with Gasteiger partial charge in [-0.15, -0.1) is 0 Å². The minimum atomic E-state index is -0.290. The lowest BCUT2D eigenvalue weighted by Gasteiger charge is -2.15. The van der Waals surface area contributed by atoms with Crippen LogP contribution in [-0.4, -0.2) is 12.4 Å². The summed E-state index contributed by atoms with van der Waals surface area (Å²) in [5.74, 6) is 0.503. The fourth-order valence-electron chi connectivity index (χ4n) is 2.74. The Labute approximate surface area is 137 Å². The van der Waals surface area contributed by atoms with Gasteiger partial charge in [0.2, 0.25) is 0 Å². The van der Waals surface area contributed by atoms with Gasteiger partial charge in [0, 0.05) is 17.0 Å². The van der Waals surface area contributed by atoms with Crippen LogP contribution in [-0.2, 0) is 0 Å². The molecule has 0 N–H and O–H groups in total. The summed E-state index contributed by atoms with van der Waals surface area (Å²) in [5.41, 5.74) is 2.20. The maximum absolute atomic E-state index is 13.5. The molecule has 0 amide bonds. The van der Waals surface area contributed by atoms with Gasteiger partial charge in [-0.1, -0.05) is 32.0 Å². The highest BCUT2D eigenvalue weighted by Gasteiger charge is 2.18. The van der Waals surface area contributed by atoms with E-state index >= 15 is 0 Å². The van der Waals surface area contributed by atoms with Crippen LogP contribution < -0.4 is 4.74 Å². The fraction of sp³-hybridized carbons (Fsp3) is 0.350. The number of ketones is 1. The van der Waals surface area contributed by atoms with Crippen LogP contribution in [0, 0.1) is 11.7 Å². The van der Waals surface area contributed by atoms with Crippen LogP contribution in [0.25, 0.3) is 11.1 Å². The van der Waals surface area contributed by atoms with Crippen molar-refractivity contribution in [2.24, 2.45) is 5.92 Å². The molecule has 2 rings (SSSR count). The van der Waals surface area contributed by atoms with Gasteiger partial charge in [0.25, 0.3) is 0 Å². The Morgan fingerprint density at radius 1 is 1.09 bits per heavy atom. The third kappa shape index (κ3) is 3.98. The minimum absolute atomic E-state index is 0.0319. The first kappa shape index (κ1) is 17.2. The summed E-state index contributed by atoms with van der Waals surface area (Å²) in [7, 11) is 0. The molecule has 23 heavy (non-hydrogen) atoms. The molecule has 0 radical (unpaired) electrons. The van der Waals surface area contributed by atoms with Crippen LogP contribution in [0.3, 0.4) is 0 Å². The second kappa shape index (κ2) is 7.91. The van der Waals surface area contributed by atoms with Gasteiger partial charge < -0.3 is 4.74 Å². The van der Waals surface area contributed by atoms with E-state index in [1.165, 1.54) is 12.1 Å². The van der Waals surface area contributed by atoms with Gasteiger partial charge >= 0.3 is 0 Å². The van der Waals surface area contributed by atoms with E-state index in [2.05, 4.69) is 0 Å². The van der Waals surface area contributed by atoms with Gasteiger partial charge in [0.1, 0.15) is 11.6 Å². The van der Waals surface area contributed by atoms with E-state index in [1.807, 2.05) is 39.0 Å². The maximum atomic E-state index is 13.5. The average molecular weight is 314 g/mol. The van der Waals surface area contributed by atoms with Gasteiger partial charge in [-0.2, -0.15) is 0 Å². The molecule has 0 fully saturated rings. The topological polar surface area (TPSA) is 26.3 Å². The standard InChI is InChI=1S/C20H23FO2/c1-4-14(5-2)20(22)16-10-11-18(19(13-16)23-6-3)15-8-7-9-17(21)12-15/h7-14H,4-6H2,1-3H3. The summed E-state index contributed by atoms with van der Waals surface area (Å²) >= 11 is 0. The Hall–Kier alpha value is -2.16. The van der Waals surface area contributed by atoms with Gasteiger partial charge in [-0.05, 0) is 49.6 Å². The first-order valence-electron chi connectivity index (χ1n) is 8.17. The van der Waals surface area contributed by atoms with Gasteiger partial charge in [0.05, 0.1) is 6.61 Å². The average Bonchev–Trinajstić information content (AvgIpc) is 2.56. The number of ether oxygens (including phenoxy) is 1. The zero-order chi connectivity index (χ0) is 16.8. The van der Waals surface area contributed by atoms with Gasteiger partial charge in [0.15, 0.2) is 5.78 Å². The smallest absolute Gasteiger partial charge is 0.166 e. The zero-order valence-corrected chi connectivity index (χ0v) is 13.9. The molecular weight excluding hydrogens is 291 g/mol. The Balaban J connectivity index is 2.44. The number of hydrogen-bond acceptors (Lipinski definition) is 2. The van der Waals surface area contributed by atoms with Crippen molar-refractivity contribution < 1.29 is 13.9 Å². The molecule has 0 aliphatic rings. The molecule has 0 saturated heterocycles. The lowest BCUT2D eigenvalue weighted by Crippen LogP contribution is -2.13. The fourth-order valence-corrected chi connectivity index (χ4v) is 2.74. The Morgan fingerprint density at radius 2 is 1.83 bits per heavy atom. The van der Waals surface area contributed by atoms with E-state index in [1.54, 1.807) is 12.1 Å². The Morgan fingerprint density at radius 3 is 2.43 bits per heavy atom. The quantitative estimate of drug-likeness (QED) is 0.630. The molecule has 3 heteroatoms. The number of benzene rings is 2. The summed E-state index contributed by atoms with van der Waals surface area (Å²) in [6.45, 7) is 6.43. The molecular formula is C20H23FO2. The first-order chi connectivity index (χ1) is 11.1. The highest BCUT2D eigenvalue weighted by atomic mass is 19.1. The van der Waals surface area contributed by atoms with Crippen molar-refractivity contribution in [3.8, 4) is 16.9 Å². The monoisotopic (exact) mass is 314 g/mol.